The van der Waals surface area contributed by atoms with Gasteiger partial charge in [-0.1, -0.05) is 54.3 Å². The van der Waals surface area contributed by atoms with Crippen molar-refractivity contribution >= 4 is 59.5 Å². The maximum atomic E-state index is 6.50. The highest BCUT2D eigenvalue weighted by atomic mass is 35.5. The molecule has 1 aliphatic rings. The van der Waals surface area contributed by atoms with Gasteiger partial charge in [-0.2, -0.15) is 0 Å². The van der Waals surface area contributed by atoms with Crippen LogP contribution < -0.4 is 11.5 Å². The third kappa shape index (κ3) is 5.32. The molecule has 0 amide bonds. The molecule has 1 aliphatic carbocycles. The first kappa shape index (κ1) is 24.6. The fourth-order valence-electron chi connectivity index (χ4n) is 3.98. The van der Waals surface area contributed by atoms with Gasteiger partial charge in [-0.25, -0.2) is 9.97 Å². The van der Waals surface area contributed by atoms with Crippen LogP contribution in [0.1, 0.15) is 54.2 Å². The maximum Gasteiger partial charge on any atom is 0.152 e. The monoisotopic (exact) mass is 464 g/mol. The van der Waals surface area contributed by atoms with Crippen LogP contribution in [0, 0.1) is 6.92 Å². The summed E-state index contributed by atoms with van der Waals surface area (Å²) in [5.41, 5.74) is 16.4. The van der Waals surface area contributed by atoms with E-state index in [1.54, 1.807) is 0 Å². The molecule has 0 aliphatic heterocycles. The number of hydrogen-bond acceptors (Lipinski definition) is 4. The number of aryl methyl sites for hydroxylation is 1. The fourth-order valence-corrected chi connectivity index (χ4v) is 4.11. The van der Waals surface area contributed by atoms with Gasteiger partial charge in [-0.05, 0) is 55.7 Å². The van der Waals surface area contributed by atoms with Crippen LogP contribution in [0.3, 0.4) is 0 Å². The van der Waals surface area contributed by atoms with E-state index in [0.29, 0.717) is 5.82 Å². The highest BCUT2D eigenvalue weighted by Crippen LogP contribution is 2.38. The van der Waals surface area contributed by atoms with Crippen molar-refractivity contribution in [3.05, 3.63) is 70.1 Å². The lowest BCUT2D eigenvalue weighted by molar-refractivity contribution is 0.256. The molecular formula is C23H27Cl3N4. The molecule has 4 nitrogen and oxygen atoms in total. The van der Waals surface area contributed by atoms with E-state index in [-0.39, 0.29) is 30.7 Å². The molecule has 4 N–H and O–H groups in total. The Balaban J connectivity index is 0.00000160. The van der Waals surface area contributed by atoms with E-state index in [9.17, 15) is 0 Å². The third-order valence-corrected chi connectivity index (χ3v) is 5.78. The number of benzene rings is 2. The Hall–Kier alpha value is -1.69. The summed E-state index contributed by atoms with van der Waals surface area (Å²) < 4.78 is 0. The lowest BCUT2D eigenvalue weighted by atomic mass is 9.77. The highest BCUT2D eigenvalue weighted by molar-refractivity contribution is 6.30. The van der Waals surface area contributed by atoms with E-state index >= 15 is 0 Å². The predicted octanol–water partition coefficient (Wildman–Crippen LogP) is 5.88. The largest absolute Gasteiger partial charge is 0.313 e. The molecule has 1 atom stereocenters. The van der Waals surface area contributed by atoms with Crippen molar-refractivity contribution in [1.82, 2.24) is 9.97 Å². The molecule has 1 aromatic heterocycles. The summed E-state index contributed by atoms with van der Waals surface area (Å²) in [5, 5.41) is 1.77. The number of aromatic nitrogens is 2. The molecule has 4 rings (SSSR count). The molecule has 0 saturated heterocycles. The van der Waals surface area contributed by atoms with Crippen LogP contribution >= 0.6 is 36.4 Å². The lowest BCUT2D eigenvalue weighted by Gasteiger charge is -2.38. The summed E-state index contributed by atoms with van der Waals surface area (Å²) in [6.45, 7) is 2.08. The van der Waals surface area contributed by atoms with Crippen molar-refractivity contribution in [2.75, 3.05) is 0 Å². The van der Waals surface area contributed by atoms with Crippen LogP contribution in [0.4, 0.5) is 0 Å². The molecule has 3 aromatic rings. The van der Waals surface area contributed by atoms with Crippen molar-refractivity contribution in [3.63, 3.8) is 0 Å². The average molecular weight is 466 g/mol. The van der Waals surface area contributed by atoms with Crippen LogP contribution in [0.2, 0.25) is 5.02 Å². The molecule has 7 heteroatoms. The Labute approximate surface area is 194 Å². The van der Waals surface area contributed by atoms with E-state index in [2.05, 4.69) is 19.1 Å². The van der Waals surface area contributed by atoms with Gasteiger partial charge in [-0.15, -0.1) is 24.8 Å². The Morgan fingerprint density at radius 3 is 2.43 bits per heavy atom. The van der Waals surface area contributed by atoms with Crippen LogP contribution in [0.15, 0.2) is 42.5 Å². The molecule has 1 fully saturated rings. The Kier molecular flexibility index (Phi) is 8.26. The second-order valence-electron chi connectivity index (χ2n) is 7.78. The third-order valence-electron chi connectivity index (χ3n) is 5.52. The van der Waals surface area contributed by atoms with Gasteiger partial charge >= 0.3 is 0 Å². The number of nitrogens with two attached hydrogens (primary N) is 2. The maximum absolute atomic E-state index is 6.50. The first-order valence-corrected chi connectivity index (χ1v) is 10.1. The van der Waals surface area contributed by atoms with Crippen LogP contribution in [-0.2, 0) is 0 Å². The molecule has 0 radical (unpaired) electrons. The van der Waals surface area contributed by atoms with Gasteiger partial charge < -0.3 is 11.5 Å². The van der Waals surface area contributed by atoms with Gasteiger partial charge in [0.1, 0.15) is 0 Å². The first-order chi connectivity index (χ1) is 13.4. The zero-order valence-corrected chi connectivity index (χ0v) is 19.2. The van der Waals surface area contributed by atoms with E-state index in [4.69, 9.17) is 33.0 Å². The molecule has 1 unspecified atom stereocenters. The van der Waals surface area contributed by atoms with E-state index < -0.39 is 5.66 Å². The van der Waals surface area contributed by atoms with Crippen molar-refractivity contribution in [1.29, 1.82) is 0 Å². The second-order valence-corrected chi connectivity index (χ2v) is 8.22. The quantitative estimate of drug-likeness (QED) is 0.474. The molecule has 1 heterocycles. The topological polar surface area (TPSA) is 77.8 Å². The van der Waals surface area contributed by atoms with Gasteiger partial charge in [0, 0.05) is 16.3 Å². The van der Waals surface area contributed by atoms with Crippen LogP contribution in [-0.4, -0.2) is 15.6 Å². The van der Waals surface area contributed by atoms with E-state index in [0.717, 1.165) is 52.9 Å². The van der Waals surface area contributed by atoms with Crippen LogP contribution in [0.25, 0.3) is 23.1 Å². The summed E-state index contributed by atoms with van der Waals surface area (Å²) in [7, 11) is 0. The van der Waals surface area contributed by atoms with Gasteiger partial charge in [0.25, 0.3) is 0 Å². The van der Waals surface area contributed by atoms with Gasteiger partial charge in [0.05, 0.1) is 16.9 Å². The molecule has 30 heavy (non-hydrogen) atoms. The summed E-state index contributed by atoms with van der Waals surface area (Å²) >= 11 is 5.97. The zero-order chi connectivity index (χ0) is 19.7. The van der Waals surface area contributed by atoms with Crippen molar-refractivity contribution in [2.45, 2.75) is 44.2 Å². The minimum absolute atomic E-state index is 0. The summed E-state index contributed by atoms with van der Waals surface area (Å²) in [6.07, 6.45) is 7.87. The minimum atomic E-state index is -0.736. The highest BCUT2D eigenvalue weighted by Gasteiger charge is 2.36. The Bertz CT molecular complexity index is 1030. The van der Waals surface area contributed by atoms with Crippen molar-refractivity contribution in [3.8, 4) is 0 Å². The summed E-state index contributed by atoms with van der Waals surface area (Å²) in [6, 6.07) is 13.9. The molecule has 1 saturated carbocycles. The lowest BCUT2D eigenvalue weighted by Crippen LogP contribution is -2.56. The van der Waals surface area contributed by atoms with Gasteiger partial charge in [0.15, 0.2) is 5.82 Å². The van der Waals surface area contributed by atoms with Gasteiger partial charge in [0.2, 0.25) is 0 Å². The number of rotatable bonds is 3. The van der Waals surface area contributed by atoms with E-state index in [1.165, 1.54) is 5.56 Å². The Morgan fingerprint density at radius 2 is 1.73 bits per heavy atom. The Morgan fingerprint density at radius 1 is 1.00 bits per heavy atom. The van der Waals surface area contributed by atoms with Crippen LogP contribution in [0.5, 0.6) is 0 Å². The molecule has 0 spiro atoms. The minimum Gasteiger partial charge on any atom is -0.313 e. The summed E-state index contributed by atoms with van der Waals surface area (Å²) in [4.78, 5) is 9.66. The number of fused-ring (bicyclic) bond motifs is 1. The summed E-state index contributed by atoms with van der Waals surface area (Å²) in [5.74, 6) is 0.693. The fraction of sp³-hybridized carbons (Fsp3) is 0.304. The van der Waals surface area contributed by atoms with Crippen molar-refractivity contribution < 1.29 is 0 Å². The zero-order valence-electron chi connectivity index (χ0n) is 16.8. The first-order valence-electron chi connectivity index (χ1n) is 9.72. The normalized spacial score (nSPS) is 18.1. The SMILES string of the molecule is Cc1ccc2nc(C=Cc3ccc(Cl)cc3)nc(C3CCCCC3(N)N)c2c1.Cl.Cl. The smallest absolute Gasteiger partial charge is 0.152 e. The average Bonchev–Trinajstić information content (AvgIpc) is 2.67. The number of nitrogens with zero attached hydrogens (tertiary/aromatic N) is 2. The second kappa shape index (κ2) is 10.1. The standard InChI is InChI=1S/C23H25ClN4.2ClH/c1-15-5-11-20-18(14-15)22(19-4-2-3-13-23(19,25)26)28-21(27-20)12-8-16-6-9-17(24)10-7-16;;/h5-12,14,19H,2-4,13,25-26H2,1H3;2*1H. The molecule has 0 bridgehead atoms. The van der Waals surface area contributed by atoms with Gasteiger partial charge in [-0.3, -0.25) is 0 Å². The molecule has 2 aromatic carbocycles. The predicted molar refractivity (Wildman–Crippen MR) is 131 cm³/mol. The molecular weight excluding hydrogens is 439 g/mol. The number of hydrogen-bond donors (Lipinski definition) is 2. The van der Waals surface area contributed by atoms with Crippen molar-refractivity contribution in [2.24, 2.45) is 11.5 Å². The van der Waals surface area contributed by atoms with E-state index in [1.807, 2.05) is 42.5 Å². The molecule has 160 valence electrons. The number of halogens is 3.